The number of nitrogens with zero attached hydrogens (tertiary/aromatic N) is 1. The molecule has 2 aliphatic rings. The van der Waals surface area contributed by atoms with Gasteiger partial charge in [-0.25, -0.2) is 0 Å². The maximum Gasteiger partial charge on any atom is 0.497 e. The summed E-state index contributed by atoms with van der Waals surface area (Å²) in [6, 6.07) is 0. The largest absolute Gasteiger partial charge is 0.497 e. The molecule has 0 aromatic heterocycles. The second kappa shape index (κ2) is 2.57. The third-order valence-corrected chi connectivity index (χ3v) is 3.28. The summed E-state index contributed by atoms with van der Waals surface area (Å²) in [6.07, 6.45) is -1.39. The van der Waals surface area contributed by atoms with Crippen LogP contribution in [0, 0.1) is 17.3 Å². The first-order valence-corrected chi connectivity index (χ1v) is 4.72. The van der Waals surface area contributed by atoms with Gasteiger partial charge >= 0.3 is 6.98 Å². The highest BCUT2D eigenvalue weighted by Gasteiger charge is 2.72. The average Bonchev–Trinajstić information content (AvgIpc) is 2.50. The van der Waals surface area contributed by atoms with Gasteiger partial charge in [0, 0.05) is 0 Å². The number of fused-ring (bicyclic) bond motifs is 1. The van der Waals surface area contributed by atoms with Crippen molar-refractivity contribution < 1.29 is 22.5 Å². The lowest BCUT2D eigenvalue weighted by Crippen LogP contribution is -2.44. The Morgan fingerprint density at radius 1 is 1.20 bits per heavy atom. The topological polar surface area (TPSA) is 37.4 Å². The first kappa shape index (κ1) is 10.5. The fourth-order valence-corrected chi connectivity index (χ4v) is 2.39. The van der Waals surface area contributed by atoms with E-state index in [0.29, 0.717) is 4.90 Å². The van der Waals surface area contributed by atoms with Crippen LogP contribution in [0.2, 0.25) is 0 Å². The van der Waals surface area contributed by atoms with Gasteiger partial charge in [-0.05, 0) is 11.9 Å². The van der Waals surface area contributed by atoms with Gasteiger partial charge in [0.05, 0.1) is 11.8 Å². The Balaban J connectivity index is 2.15. The molecule has 2 rings (SSSR count). The predicted octanol–water partition coefficient (Wildman–Crippen LogP) is 1.01. The third-order valence-electron chi connectivity index (χ3n) is 3.28. The summed E-state index contributed by atoms with van der Waals surface area (Å²) < 4.78 is 36.3. The molecule has 1 aliphatic carbocycles. The molecule has 2 fully saturated rings. The standard InChI is InChI=1S/C8H10BF3NO2/c1-8(2)4-5(8)7(15)13(6(4)14)3-9(10,11)12/h4-5H,3H2,1-2H3/q-1. The van der Waals surface area contributed by atoms with Gasteiger partial charge in [0.1, 0.15) is 0 Å². The van der Waals surface area contributed by atoms with Crippen LogP contribution >= 0.6 is 0 Å². The van der Waals surface area contributed by atoms with Crippen molar-refractivity contribution in [2.75, 3.05) is 6.44 Å². The molecule has 0 spiro atoms. The van der Waals surface area contributed by atoms with E-state index in [2.05, 4.69) is 0 Å². The first-order chi connectivity index (χ1) is 6.66. The quantitative estimate of drug-likeness (QED) is 0.514. The van der Waals surface area contributed by atoms with Crippen molar-refractivity contribution in [1.29, 1.82) is 0 Å². The van der Waals surface area contributed by atoms with Crippen molar-refractivity contribution in [1.82, 2.24) is 4.90 Å². The molecule has 3 nitrogen and oxygen atoms in total. The second-order valence-corrected chi connectivity index (χ2v) is 4.77. The molecule has 1 aliphatic heterocycles. The highest BCUT2D eigenvalue weighted by molar-refractivity contribution is 6.59. The Hall–Kier alpha value is -1.01. The summed E-state index contributed by atoms with van der Waals surface area (Å²) in [4.78, 5) is 23.3. The molecule has 7 heteroatoms. The van der Waals surface area contributed by atoms with Gasteiger partial charge in [-0.1, -0.05) is 13.8 Å². The maximum absolute atomic E-state index is 12.1. The number of hydrogen-bond acceptors (Lipinski definition) is 2. The molecule has 0 aromatic rings. The summed E-state index contributed by atoms with van der Waals surface area (Å²) in [6.45, 7) is -1.66. The summed E-state index contributed by atoms with van der Waals surface area (Å²) in [7, 11) is 0. The Morgan fingerprint density at radius 2 is 1.60 bits per heavy atom. The zero-order valence-corrected chi connectivity index (χ0v) is 8.34. The molecule has 1 heterocycles. The van der Waals surface area contributed by atoms with Crippen molar-refractivity contribution in [3.8, 4) is 0 Å². The monoisotopic (exact) mass is 220 g/mol. The fourth-order valence-electron chi connectivity index (χ4n) is 2.39. The van der Waals surface area contributed by atoms with Crippen LogP contribution in [0.25, 0.3) is 0 Å². The maximum atomic E-state index is 12.1. The van der Waals surface area contributed by atoms with Gasteiger partial charge in [-0.2, -0.15) is 0 Å². The van der Waals surface area contributed by atoms with Crippen LogP contribution in [0.5, 0.6) is 0 Å². The minimum atomic E-state index is -5.12. The van der Waals surface area contributed by atoms with Crippen LogP contribution in [-0.2, 0) is 9.59 Å². The third kappa shape index (κ3) is 1.36. The zero-order chi connectivity index (χ0) is 11.6. The highest BCUT2D eigenvalue weighted by Crippen LogP contribution is 2.63. The summed E-state index contributed by atoms with van der Waals surface area (Å²) in [5.41, 5.74) is -0.441. The van der Waals surface area contributed by atoms with E-state index in [-0.39, 0.29) is 0 Å². The zero-order valence-electron chi connectivity index (χ0n) is 8.34. The van der Waals surface area contributed by atoms with E-state index in [1.54, 1.807) is 13.8 Å². The number of likely N-dealkylation sites (tertiary alicyclic amines) is 1. The highest BCUT2D eigenvalue weighted by atomic mass is 19.4. The Bertz CT molecular complexity index is 328. The number of rotatable bonds is 2. The number of amides is 2. The number of imide groups is 1. The van der Waals surface area contributed by atoms with Gasteiger partial charge < -0.3 is 17.8 Å². The van der Waals surface area contributed by atoms with Gasteiger partial charge in [0.15, 0.2) is 0 Å². The Labute approximate surface area is 84.7 Å². The fraction of sp³-hybridized carbons (Fsp3) is 0.750. The predicted molar refractivity (Wildman–Crippen MR) is 46.6 cm³/mol. The lowest BCUT2D eigenvalue weighted by molar-refractivity contribution is -0.142. The molecule has 2 unspecified atom stereocenters. The van der Waals surface area contributed by atoms with Gasteiger partial charge in [-0.15, -0.1) is 0 Å². The van der Waals surface area contributed by atoms with Gasteiger partial charge in [0.25, 0.3) is 0 Å². The SMILES string of the molecule is CC1(C)C2C(=O)N(C[B-](F)(F)F)C(=O)C21. The molecular formula is C8H10BF3NO2-. The molecule has 0 N–H and O–H groups in total. The Kier molecular flexibility index (Phi) is 1.80. The average molecular weight is 220 g/mol. The van der Waals surface area contributed by atoms with E-state index in [1.165, 1.54) is 0 Å². The minimum absolute atomic E-state index is 0.362. The van der Waals surface area contributed by atoms with Gasteiger partial charge in [-0.3, -0.25) is 9.59 Å². The van der Waals surface area contributed by atoms with Crippen molar-refractivity contribution in [2.45, 2.75) is 13.8 Å². The molecule has 0 aromatic carbocycles. The van der Waals surface area contributed by atoms with E-state index in [1.807, 2.05) is 0 Å². The normalized spacial score (nSPS) is 33.3. The molecule has 2 atom stereocenters. The number of hydrogen-bond donors (Lipinski definition) is 0. The number of carbonyl (C=O) groups is 2. The van der Waals surface area contributed by atoms with Crippen molar-refractivity contribution in [2.24, 2.45) is 17.3 Å². The van der Waals surface area contributed by atoms with Crippen LogP contribution in [0.1, 0.15) is 13.8 Å². The molecule has 84 valence electrons. The summed E-state index contributed by atoms with van der Waals surface area (Å²) >= 11 is 0. The lowest BCUT2D eigenvalue weighted by atomic mass is 9.90. The van der Waals surface area contributed by atoms with Crippen molar-refractivity contribution in [3.05, 3.63) is 0 Å². The van der Waals surface area contributed by atoms with E-state index >= 15 is 0 Å². The van der Waals surface area contributed by atoms with Gasteiger partial charge in [0.2, 0.25) is 11.8 Å². The number of carbonyl (C=O) groups excluding carboxylic acids is 2. The van der Waals surface area contributed by atoms with E-state index in [0.717, 1.165) is 0 Å². The summed E-state index contributed by atoms with van der Waals surface area (Å²) in [5.74, 6) is -2.37. The van der Waals surface area contributed by atoms with Crippen LogP contribution < -0.4 is 0 Å². The van der Waals surface area contributed by atoms with Crippen LogP contribution in [0.4, 0.5) is 12.9 Å². The van der Waals surface area contributed by atoms with Crippen molar-refractivity contribution in [3.63, 3.8) is 0 Å². The van der Waals surface area contributed by atoms with Crippen LogP contribution in [0.15, 0.2) is 0 Å². The molecule has 1 saturated heterocycles. The van der Waals surface area contributed by atoms with E-state index < -0.39 is 42.5 Å². The lowest BCUT2D eigenvalue weighted by Gasteiger charge is -2.25. The molecule has 0 bridgehead atoms. The number of piperidine rings is 1. The number of halogens is 3. The van der Waals surface area contributed by atoms with Crippen LogP contribution in [0.3, 0.4) is 0 Å². The first-order valence-electron chi connectivity index (χ1n) is 4.72. The molecule has 0 radical (unpaired) electrons. The Morgan fingerprint density at radius 3 is 1.93 bits per heavy atom. The van der Waals surface area contributed by atoms with Crippen molar-refractivity contribution >= 4 is 18.8 Å². The van der Waals surface area contributed by atoms with Crippen LogP contribution in [-0.4, -0.2) is 30.1 Å². The second-order valence-electron chi connectivity index (χ2n) is 4.77. The van der Waals surface area contributed by atoms with E-state index in [4.69, 9.17) is 0 Å². The molecule has 2 amide bonds. The molecule has 15 heavy (non-hydrogen) atoms. The van der Waals surface area contributed by atoms with E-state index in [9.17, 15) is 22.5 Å². The molecular weight excluding hydrogens is 210 g/mol. The molecule has 1 saturated carbocycles. The summed E-state index contributed by atoms with van der Waals surface area (Å²) in [5, 5.41) is 0. The smallest absolute Gasteiger partial charge is 0.448 e. The minimum Gasteiger partial charge on any atom is -0.448 e.